The molecule has 2 fully saturated rings. The summed E-state index contributed by atoms with van der Waals surface area (Å²) in [6, 6.07) is 0.480. The van der Waals surface area contributed by atoms with E-state index in [0.717, 1.165) is 11.8 Å². The van der Waals surface area contributed by atoms with Crippen LogP contribution >= 0.6 is 0 Å². The van der Waals surface area contributed by atoms with Gasteiger partial charge in [-0.15, -0.1) is 0 Å². The molecule has 1 amide bonds. The first-order valence-corrected chi connectivity index (χ1v) is 6.73. The maximum absolute atomic E-state index is 11.8. The molecule has 98 valence electrons. The van der Waals surface area contributed by atoms with Crippen LogP contribution in [0.25, 0.3) is 0 Å². The molecule has 0 aliphatic heterocycles. The molecule has 0 aromatic heterocycles. The first kappa shape index (κ1) is 12.8. The van der Waals surface area contributed by atoms with Gasteiger partial charge in [-0.2, -0.15) is 0 Å². The molecule has 2 N–H and O–H groups in total. The summed E-state index contributed by atoms with van der Waals surface area (Å²) >= 11 is 0. The molecule has 4 unspecified atom stereocenters. The lowest BCUT2D eigenvalue weighted by atomic mass is 9.95. The maximum atomic E-state index is 11.8. The van der Waals surface area contributed by atoms with Crippen LogP contribution in [-0.2, 0) is 9.53 Å². The number of carbonyl (C=O) groups excluding carboxylic acids is 1. The first-order chi connectivity index (χ1) is 8.20. The molecule has 4 nitrogen and oxygen atoms in total. The fraction of sp³-hybridized carbons (Fsp3) is 0.923. The zero-order valence-electron chi connectivity index (χ0n) is 10.9. The molecular formula is C13H24N2O2. The van der Waals surface area contributed by atoms with E-state index < -0.39 is 0 Å². The summed E-state index contributed by atoms with van der Waals surface area (Å²) in [6.07, 6.45) is 5.38. The fourth-order valence-electron chi connectivity index (χ4n) is 3.28. The van der Waals surface area contributed by atoms with Crippen molar-refractivity contribution in [1.29, 1.82) is 0 Å². The van der Waals surface area contributed by atoms with Crippen molar-refractivity contribution in [2.24, 2.45) is 11.8 Å². The maximum Gasteiger partial charge on any atom is 0.236 e. The summed E-state index contributed by atoms with van der Waals surface area (Å²) in [7, 11) is 1.64. The van der Waals surface area contributed by atoms with Gasteiger partial charge < -0.3 is 15.4 Å². The van der Waals surface area contributed by atoms with Crippen molar-refractivity contribution >= 4 is 5.91 Å². The van der Waals surface area contributed by atoms with E-state index in [1.54, 1.807) is 7.11 Å². The molecule has 17 heavy (non-hydrogen) atoms. The zero-order chi connectivity index (χ0) is 12.3. The smallest absolute Gasteiger partial charge is 0.236 e. The summed E-state index contributed by atoms with van der Waals surface area (Å²) in [5.74, 6) is 1.82. The third kappa shape index (κ3) is 3.19. The van der Waals surface area contributed by atoms with Crippen LogP contribution in [0.15, 0.2) is 0 Å². The second-order valence-electron chi connectivity index (χ2n) is 5.45. The van der Waals surface area contributed by atoms with Gasteiger partial charge in [0.15, 0.2) is 0 Å². The number of nitrogens with one attached hydrogen (secondary N) is 2. The molecule has 0 saturated heterocycles. The van der Waals surface area contributed by atoms with Gasteiger partial charge in [-0.25, -0.2) is 0 Å². The van der Waals surface area contributed by atoms with E-state index in [2.05, 4.69) is 10.6 Å². The first-order valence-electron chi connectivity index (χ1n) is 6.73. The number of rotatable bonds is 6. The van der Waals surface area contributed by atoms with Crippen LogP contribution in [0.1, 0.15) is 32.6 Å². The molecule has 2 saturated carbocycles. The molecule has 2 aliphatic rings. The number of hydrogen-bond donors (Lipinski definition) is 2. The number of ether oxygens (including phenoxy) is 1. The van der Waals surface area contributed by atoms with E-state index in [-0.39, 0.29) is 11.9 Å². The topological polar surface area (TPSA) is 50.4 Å². The average Bonchev–Trinajstić information content (AvgIpc) is 2.91. The Hall–Kier alpha value is -0.610. The Balaban J connectivity index is 1.69. The highest BCUT2D eigenvalue weighted by Gasteiger charge is 2.40. The van der Waals surface area contributed by atoms with Gasteiger partial charge in [0.2, 0.25) is 5.91 Å². The minimum Gasteiger partial charge on any atom is -0.383 e. The highest BCUT2D eigenvalue weighted by molar-refractivity contribution is 5.81. The van der Waals surface area contributed by atoms with Crippen LogP contribution in [0.3, 0.4) is 0 Å². The summed E-state index contributed by atoms with van der Waals surface area (Å²) in [4.78, 5) is 11.8. The van der Waals surface area contributed by atoms with E-state index >= 15 is 0 Å². The van der Waals surface area contributed by atoms with Crippen molar-refractivity contribution in [3.05, 3.63) is 0 Å². The lowest BCUT2D eigenvalue weighted by Gasteiger charge is -2.26. The molecule has 0 aromatic carbocycles. The molecule has 0 radical (unpaired) electrons. The lowest BCUT2D eigenvalue weighted by Crippen LogP contribution is -2.48. The number of fused-ring (bicyclic) bond motifs is 2. The van der Waals surface area contributed by atoms with E-state index in [4.69, 9.17) is 4.74 Å². The van der Waals surface area contributed by atoms with E-state index in [1.807, 2.05) is 6.92 Å². The average molecular weight is 240 g/mol. The molecular weight excluding hydrogens is 216 g/mol. The monoisotopic (exact) mass is 240 g/mol. The molecule has 2 aliphatic carbocycles. The van der Waals surface area contributed by atoms with E-state index in [1.165, 1.54) is 25.7 Å². The van der Waals surface area contributed by atoms with E-state index in [0.29, 0.717) is 19.2 Å². The van der Waals surface area contributed by atoms with Crippen LogP contribution in [-0.4, -0.2) is 38.3 Å². The standard InChI is InChI=1S/C13H24N2O2/c1-9(13(16)14-5-6-17-2)15-12-8-10-3-4-11(12)7-10/h9-12,15H,3-8H2,1-2H3,(H,14,16). The van der Waals surface area contributed by atoms with Crippen molar-refractivity contribution < 1.29 is 9.53 Å². The van der Waals surface area contributed by atoms with Crippen molar-refractivity contribution in [1.82, 2.24) is 10.6 Å². The predicted octanol–water partition coefficient (Wildman–Crippen LogP) is 0.916. The highest BCUT2D eigenvalue weighted by atomic mass is 16.5. The van der Waals surface area contributed by atoms with E-state index in [9.17, 15) is 4.79 Å². The van der Waals surface area contributed by atoms with Crippen molar-refractivity contribution in [3.8, 4) is 0 Å². The molecule has 2 rings (SSSR count). The van der Waals surface area contributed by atoms with Gasteiger partial charge in [0.1, 0.15) is 0 Å². The molecule has 0 aromatic rings. The van der Waals surface area contributed by atoms with Gasteiger partial charge in [0, 0.05) is 19.7 Å². The van der Waals surface area contributed by atoms with Gasteiger partial charge in [-0.1, -0.05) is 6.42 Å². The quantitative estimate of drug-likeness (QED) is 0.679. The largest absolute Gasteiger partial charge is 0.383 e. The van der Waals surface area contributed by atoms with Gasteiger partial charge >= 0.3 is 0 Å². The number of hydrogen-bond acceptors (Lipinski definition) is 3. The third-order valence-corrected chi connectivity index (χ3v) is 4.20. The number of carbonyl (C=O) groups is 1. The molecule has 4 atom stereocenters. The fourth-order valence-corrected chi connectivity index (χ4v) is 3.28. The molecule has 4 heteroatoms. The third-order valence-electron chi connectivity index (χ3n) is 4.20. The zero-order valence-corrected chi connectivity index (χ0v) is 10.9. The second-order valence-corrected chi connectivity index (χ2v) is 5.45. The normalized spacial score (nSPS) is 32.7. The van der Waals surface area contributed by atoms with Crippen molar-refractivity contribution in [3.63, 3.8) is 0 Å². The van der Waals surface area contributed by atoms with Gasteiger partial charge in [0.05, 0.1) is 12.6 Å². The van der Waals surface area contributed by atoms with Crippen LogP contribution in [0.2, 0.25) is 0 Å². The minimum absolute atomic E-state index is 0.0868. The van der Waals surface area contributed by atoms with Crippen molar-refractivity contribution in [2.75, 3.05) is 20.3 Å². The Bertz CT molecular complexity index is 270. The number of amides is 1. The Morgan fingerprint density at radius 3 is 2.82 bits per heavy atom. The Labute approximate surface area is 103 Å². The lowest BCUT2D eigenvalue weighted by molar-refractivity contribution is -0.123. The Morgan fingerprint density at radius 1 is 1.41 bits per heavy atom. The predicted molar refractivity (Wildman–Crippen MR) is 66.7 cm³/mol. The second kappa shape index (κ2) is 5.83. The highest BCUT2D eigenvalue weighted by Crippen LogP contribution is 2.44. The summed E-state index contributed by atoms with van der Waals surface area (Å²) in [6.45, 7) is 3.12. The van der Waals surface area contributed by atoms with Gasteiger partial charge in [-0.05, 0) is 38.0 Å². The van der Waals surface area contributed by atoms with Crippen LogP contribution < -0.4 is 10.6 Å². The van der Waals surface area contributed by atoms with Crippen molar-refractivity contribution in [2.45, 2.75) is 44.7 Å². The molecule has 0 spiro atoms. The van der Waals surface area contributed by atoms with Crippen LogP contribution in [0, 0.1) is 11.8 Å². The summed E-state index contributed by atoms with van der Waals surface area (Å²) in [5.41, 5.74) is 0. The van der Waals surface area contributed by atoms with Crippen LogP contribution in [0.5, 0.6) is 0 Å². The van der Waals surface area contributed by atoms with Gasteiger partial charge in [0.25, 0.3) is 0 Å². The number of methoxy groups -OCH3 is 1. The summed E-state index contributed by atoms with van der Waals surface area (Å²) in [5, 5.41) is 6.36. The SMILES string of the molecule is COCCNC(=O)C(C)NC1CC2CCC1C2. The van der Waals surface area contributed by atoms with Crippen LogP contribution in [0.4, 0.5) is 0 Å². The minimum atomic E-state index is -0.0868. The van der Waals surface area contributed by atoms with Gasteiger partial charge in [-0.3, -0.25) is 4.79 Å². The Kier molecular flexibility index (Phi) is 4.40. The summed E-state index contributed by atoms with van der Waals surface area (Å²) < 4.78 is 4.91. The Morgan fingerprint density at radius 2 is 2.24 bits per heavy atom. The molecule has 0 heterocycles. The molecule has 2 bridgehead atoms.